The summed E-state index contributed by atoms with van der Waals surface area (Å²) in [6.07, 6.45) is 6.44. The summed E-state index contributed by atoms with van der Waals surface area (Å²) < 4.78 is 1.80. The van der Waals surface area contributed by atoms with Crippen molar-refractivity contribution >= 4 is 34.8 Å². The standard InChI is InChI=1S/C13H18N6OS.ClH/c1-2-10-7-15-13(21-10)16-12(20)11-8-19(18-17-11)9-3-5-14-6-4-9;/h7-9,14H,2-6H2,1H3,(H,15,16,20);1H. The summed E-state index contributed by atoms with van der Waals surface area (Å²) in [6.45, 7) is 4.01. The number of carbonyl (C=O) groups is 1. The number of thiazole rings is 1. The van der Waals surface area contributed by atoms with E-state index in [-0.39, 0.29) is 18.3 Å². The van der Waals surface area contributed by atoms with E-state index in [2.05, 4.69) is 32.9 Å². The molecule has 0 aromatic carbocycles. The van der Waals surface area contributed by atoms with Crippen molar-refractivity contribution in [2.45, 2.75) is 32.2 Å². The summed E-state index contributed by atoms with van der Waals surface area (Å²) in [6, 6.07) is 0.326. The van der Waals surface area contributed by atoms with Crippen molar-refractivity contribution in [3.05, 3.63) is 23.0 Å². The third-order valence-electron chi connectivity index (χ3n) is 3.55. The van der Waals surface area contributed by atoms with Crippen molar-refractivity contribution in [2.24, 2.45) is 0 Å². The molecule has 0 radical (unpaired) electrons. The summed E-state index contributed by atoms with van der Waals surface area (Å²) in [5, 5.41) is 14.7. The lowest BCUT2D eigenvalue weighted by Crippen LogP contribution is -2.29. The number of aryl methyl sites for hydroxylation is 1. The van der Waals surface area contributed by atoms with E-state index in [1.807, 2.05) is 0 Å². The van der Waals surface area contributed by atoms with Crippen LogP contribution in [0.25, 0.3) is 0 Å². The summed E-state index contributed by atoms with van der Waals surface area (Å²) in [5.74, 6) is -0.257. The molecule has 3 heterocycles. The number of halogens is 1. The SMILES string of the molecule is CCc1cnc(NC(=O)c2cn(C3CCNCC3)nn2)s1.Cl. The number of nitrogens with zero attached hydrogens (tertiary/aromatic N) is 4. The van der Waals surface area contributed by atoms with Crippen LogP contribution in [0.5, 0.6) is 0 Å². The number of piperidine rings is 1. The third kappa shape index (κ3) is 3.82. The smallest absolute Gasteiger partial charge is 0.279 e. The van der Waals surface area contributed by atoms with Crippen LogP contribution in [0.15, 0.2) is 12.4 Å². The van der Waals surface area contributed by atoms with Gasteiger partial charge in [-0.15, -0.1) is 28.8 Å². The van der Waals surface area contributed by atoms with E-state index < -0.39 is 0 Å². The van der Waals surface area contributed by atoms with E-state index in [1.165, 1.54) is 11.3 Å². The topological polar surface area (TPSA) is 84.7 Å². The molecule has 0 spiro atoms. The van der Waals surface area contributed by atoms with Gasteiger partial charge in [-0.2, -0.15) is 0 Å². The van der Waals surface area contributed by atoms with E-state index in [0.29, 0.717) is 16.9 Å². The maximum atomic E-state index is 12.1. The predicted molar refractivity (Wildman–Crippen MR) is 87.9 cm³/mol. The first-order valence-electron chi connectivity index (χ1n) is 7.15. The van der Waals surface area contributed by atoms with Gasteiger partial charge in [0.15, 0.2) is 10.8 Å². The summed E-state index contributed by atoms with van der Waals surface area (Å²) >= 11 is 1.48. The fraction of sp³-hybridized carbons (Fsp3) is 0.538. The Morgan fingerprint density at radius 3 is 2.95 bits per heavy atom. The summed E-state index contributed by atoms with van der Waals surface area (Å²) in [5.41, 5.74) is 0.335. The van der Waals surface area contributed by atoms with Crippen molar-refractivity contribution in [3.63, 3.8) is 0 Å². The first-order valence-corrected chi connectivity index (χ1v) is 7.96. The highest BCUT2D eigenvalue weighted by Gasteiger charge is 2.19. The largest absolute Gasteiger partial charge is 0.317 e. The molecule has 120 valence electrons. The van der Waals surface area contributed by atoms with Crippen molar-refractivity contribution < 1.29 is 4.79 Å². The molecule has 0 bridgehead atoms. The lowest BCUT2D eigenvalue weighted by molar-refractivity contribution is 0.102. The second-order valence-electron chi connectivity index (χ2n) is 5.00. The molecule has 3 rings (SSSR count). The number of hydrogen-bond donors (Lipinski definition) is 2. The molecule has 22 heavy (non-hydrogen) atoms. The van der Waals surface area contributed by atoms with Gasteiger partial charge in [0, 0.05) is 11.1 Å². The Morgan fingerprint density at radius 2 is 2.27 bits per heavy atom. The molecule has 7 nitrogen and oxygen atoms in total. The average Bonchev–Trinajstić information content (AvgIpc) is 3.17. The number of rotatable bonds is 4. The molecule has 0 unspecified atom stereocenters. The van der Waals surface area contributed by atoms with Crippen molar-refractivity contribution in [1.82, 2.24) is 25.3 Å². The monoisotopic (exact) mass is 342 g/mol. The van der Waals surface area contributed by atoms with Gasteiger partial charge in [-0.05, 0) is 32.4 Å². The van der Waals surface area contributed by atoms with Crippen LogP contribution in [0.3, 0.4) is 0 Å². The molecule has 2 aromatic rings. The molecule has 0 aliphatic carbocycles. The normalized spacial score (nSPS) is 15.3. The Kier molecular flexibility index (Phi) is 5.87. The van der Waals surface area contributed by atoms with Gasteiger partial charge in [-0.3, -0.25) is 10.1 Å². The van der Waals surface area contributed by atoms with Crippen LogP contribution in [0.1, 0.15) is 41.2 Å². The molecule has 0 atom stereocenters. The highest BCUT2D eigenvalue weighted by Crippen LogP contribution is 2.20. The third-order valence-corrected chi connectivity index (χ3v) is 4.61. The zero-order chi connectivity index (χ0) is 14.7. The fourth-order valence-corrected chi connectivity index (χ4v) is 3.07. The Hall–Kier alpha value is -1.51. The van der Waals surface area contributed by atoms with Crippen LogP contribution < -0.4 is 10.6 Å². The summed E-state index contributed by atoms with van der Waals surface area (Å²) in [4.78, 5) is 17.4. The van der Waals surface area contributed by atoms with E-state index in [1.54, 1.807) is 17.1 Å². The molecule has 1 saturated heterocycles. The molecule has 1 fully saturated rings. The zero-order valence-electron chi connectivity index (χ0n) is 12.3. The lowest BCUT2D eigenvalue weighted by Gasteiger charge is -2.21. The number of hydrogen-bond acceptors (Lipinski definition) is 6. The first kappa shape index (κ1) is 16.9. The minimum Gasteiger partial charge on any atom is -0.317 e. The number of carbonyl (C=O) groups excluding carboxylic acids is 1. The molecule has 2 N–H and O–H groups in total. The van der Waals surface area contributed by atoms with Crippen LogP contribution in [0.4, 0.5) is 5.13 Å². The highest BCUT2D eigenvalue weighted by atomic mass is 35.5. The molecule has 2 aromatic heterocycles. The van der Waals surface area contributed by atoms with Crippen LogP contribution in [-0.2, 0) is 6.42 Å². The van der Waals surface area contributed by atoms with Crippen LogP contribution in [0, 0.1) is 0 Å². The van der Waals surface area contributed by atoms with Gasteiger partial charge >= 0.3 is 0 Å². The minimum atomic E-state index is -0.257. The Morgan fingerprint density at radius 1 is 1.50 bits per heavy atom. The molecule has 9 heteroatoms. The molecule has 1 aliphatic rings. The van der Waals surface area contributed by atoms with Crippen LogP contribution in [0.2, 0.25) is 0 Å². The van der Waals surface area contributed by atoms with Gasteiger partial charge in [0.2, 0.25) is 0 Å². The number of nitrogens with one attached hydrogen (secondary N) is 2. The second-order valence-corrected chi connectivity index (χ2v) is 6.12. The van der Waals surface area contributed by atoms with Crippen molar-refractivity contribution in [2.75, 3.05) is 18.4 Å². The van der Waals surface area contributed by atoms with Gasteiger partial charge in [0.25, 0.3) is 5.91 Å². The minimum absolute atomic E-state index is 0. The molecule has 1 amide bonds. The fourth-order valence-electron chi connectivity index (χ4n) is 2.32. The van der Waals surface area contributed by atoms with Gasteiger partial charge in [0.1, 0.15) is 0 Å². The van der Waals surface area contributed by atoms with Gasteiger partial charge in [0.05, 0.1) is 12.2 Å². The van der Waals surface area contributed by atoms with Crippen LogP contribution in [-0.4, -0.2) is 39.0 Å². The van der Waals surface area contributed by atoms with Gasteiger partial charge in [-0.1, -0.05) is 12.1 Å². The summed E-state index contributed by atoms with van der Waals surface area (Å²) in [7, 11) is 0. The zero-order valence-corrected chi connectivity index (χ0v) is 13.9. The van der Waals surface area contributed by atoms with E-state index in [4.69, 9.17) is 0 Å². The van der Waals surface area contributed by atoms with Gasteiger partial charge in [-0.25, -0.2) is 9.67 Å². The van der Waals surface area contributed by atoms with Gasteiger partial charge < -0.3 is 5.32 Å². The van der Waals surface area contributed by atoms with E-state index >= 15 is 0 Å². The maximum absolute atomic E-state index is 12.1. The maximum Gasteiger partial charge on any atom is 0.279 e. The lowest BCUT2D eigenvalue weighted by atomic mass is 10.1. The number of anilines is 1. The number of amides is 1. The van der Waals surface area contributed by atoms with E-state index in [9.17, 15) is 4.79 Å². The molecule has 0 saturated carbocycles. The predicted octanol–water partition coefficient (Wildman–Crippen LogP) is 1.90. The Labute approximate surface area is 138 Å². The molecule has 1 aliphatic heterocycles. The quantitative estimate of drug-likeness (QED) is 0.886. The van der Waals surface area contributed by atoms with E-state index in [0.717, 1.165) is 37.2 Å². The van der Waals surface area contributed by atoms with Crippen molar-refractivity contribution in [3.8, 4) is 0 Å². The number of aromatic nitrogens is 4. The Balaban J connectivity index is 0.00000176. The first-order chi connectivity index (χ1) is 10.3. The average molecular weight is 343 g/mol. The molecular weight excluding hydrogens is 324 g/mol. The van der Waals surface area contributed by atoms with Crippen LogP contribution >= 0.6 is 23.7 Å². The Bertz CT molecular complexity index is 622. The van der Waals surface area contributed by atoms with Crippen molar-refractivity contribution in [1.29, 1.82) is 0 Å². The molecular formula is C13H19ClN6OS. The highest BCUT2D eigenvalue weighted by molar-refractivity contribution is 7.15. The second kappa shape index (κ2) is 7.66.